The fourth-order valence-electron chi connectivity index (χ4n) is 8.38. The summed E-state index contributed by atoms with van der Waals surface area (Å²) in [5.74, 6) is 1.83. The molecule has 4 unspecified atom stereocenters. The summed E-state index contributed by atoms with van der Waals surface area (Å²) in [6, 6.07) is 0. The van der Waals surface area contributed by atoms with Crippen LogP contribution in [-0.4, -0.2) is 69.3 Å². The molecule has 4 rings (SSSR count). The first-order valence-corrected chi connectivity index (χ1v) is 14.6. The van der Waals surface area contributed by atoms with Crippen LogP contribution >= 0.6 is 0 Å². The molecule has 4 fully saturated rings. The number of epoxide rings is 1. The Morgan fingerprint density at radius 1 is 1.19 bits per heavy atom. The summed E-state index contributed by atoms with van der Waals surface area (Å²) in [4.78, 5) is 0. The van der Waals surface area contributed by atoms with E-state index in [1.54, 1.807) is 0 Å². The van der Waals surface area contributed by atoms with Gasteiger partial charge in [0.15, 0.2) is 0 Å². The molecule has 6 heteroatoms. The van der Waals surface area contributed by atoms with Crippen LogP contribution in [0.15, 0.2) is 11.6 Å². The van der Waals surface area contributed by atoms with E-state index in [2.05, 4.69) is 19.9 Å². The predicted octanol–water partition coefficient (Wildman–Crippen LogP) is 4.37. The van der Waals surface area contributed by atoms with Crippen LogP contribution in [-0.2, 0) is 9.47 Å². The Bertz CT molecular complexity index is 776. The van der Waals surface area contributed by atoms with E-state index in [-0.39, 0.29) is 24.2 Å². The third kappa shape index (κ3) is 5.60. The molecule has 4 aliphatic rings. The molecule has 1 spiro atoms. The van der Waals surface area contributed by atoms with Crippen LogP contribution in [0.25, 0.3) is 0 Å². The Morgan fingerprint density at radius 3 is 2.64 bits per heavy atom. The molecule has 6 nitrogen and oxygen atoms in total. The third-order valence-corrected chi connectivity index (χ3v) is 10.4. The van der Waals surface area contributed by atoms with Gasteiger partial charge in [0.25, 0.3) is 0 Å². The van der Waals surface area contributed by atoms with Gasteiger partial charge in [-0.3, -0.25) is 0 Å². The molecule has 3 saturated carbocycles. The molecule has 0 aromatic heterocycles. The van der Waals surface area contributed by atoms with Crippen molar-refractivity contribution in [3.05, 3.63) is 11.6 Å². The topological polar surface area (TPSA) is 103 Å². The van der Waals surface area contributed by atoms with Gasteiger partial charge in [0, 0.05) is 19.1 Å². The molecule has 1 aliphatic heterocycles. The summed E-state index contributed by atoms with van der Waals surface area (Å²) in [7, 11) is 0. The monoisotopic (exact) mass is 508 g/mol. The highest BCUT2D eigenvalue weighted by molar-refractivity contribution is 5.27. The highest BCUT2D eigenvalue weighted by Crippen LogP contribution is 2.67. The highest BCUT2D eigenvalue weighted by atomic mass is 16.6. The summed E-state index contributed by atoms with van der Waals surface area (Å²) in [6.45, 7) is 11.2. The molecule has 0 bridgehead atoms. The van der Waals surface area contributed by atoms with E-state index < -0.39 is 23.9 Å². The zero-order chi connectivity index (χ0) is 26.3. The standard InChI is InChI=1S/C30H52O6/c1-19(9-6-12-28(3,4)34)22-10-11-24-29(22,5)13-7-14-30(24)25(36-30)18-21-17-23(32)27(26(33)20(21)2)35-16-8-15-31/h18-20,22-27,31-34H,6-17H2,1-5H3/b21-18-/t19-,20?,22-,23-,24?,25?,26-,27-,29-,30?/m1/s1. The van der Waals surface area contributed by atoms with Crippen LogP contribution in [0, 0.1) is 29.1 Å². The number of fused-ring (bicyclic) bond motifs is 2. The molecule has 208 valence electrons. The lowest BCUT2D eigenvalue weighted by atomic mass is 9.58. The average Bonchev–Trinajstić information content (AvgIpc) is 3.32. The van der Waals surface area contributed by atoms with Crippen LogP contribution < -0.4 is 0 Å². The molecule has 0 amide bonds. The summed E-state index contributed by atoms with van der Waals surface area (Å²) < 4.78 is 12.3. The van der Waals surface area contributed by atoms with Gasteiger partial charge < -0.3 is 29.9 Å². The number of hydrogen-bond acceptors (Lipinski definition) is 6. The van der Waals surface area contributed by atoms with Crippen molar-refractivity contribution >= 4 is 0 Å². The predicted molar refractivity (Wildman–Crippen MR) is 140 cm³/mol. The minimum atomic E-state index is -0.759. The Kier molecular flexibility index (Phi) is 8.66. The summed E-state index contributed by atoms with van der Waals surface area (Å²) in [5.41, 5.74) is 0.719. The van der Waals surface area contributed by atoms with E-state index in [0.29, 0.717) is 42.6 Å². The molecular weight excluding hydrogens is 456 g/mol. The van der Waals surface area contributed by atoms with E-state index in [4.69, 9.17) is 14.6 Å². The van der Waals surface area contributed by atoms with Gasteiger partial charge in [-0.25, -0.2) is 0 Å². The lowest BCUT2D eigenvalue weighted by Crippen LogP contribution is -2.48. The van der Waals surface area contributed by atoms with E-state index in [9.17, 15) is 15.3 Å². The van der Waals surface area contributed by atoms with Gasteiger partial charge in [-0.2, -0.15) is 0 Å². The van der Waals surface area contributed by atoms with E-state index in [1.807, 2.05) is 20.8 Å². The molecule has 1 saturated heterocycles. The van der Waals surface area contributed by atoms with Crippen molar-refractivity contribution in [1.82, 2.24) is 0 Å². The maximum absolute atomic E-state index is 10.9. The van der Waals surface area contributed by atoms with Crippen LogP contribution in [0.1, 0.15) is 98.8 Å². The maximum Gasteiger partial charge on any atom is 0.110 e. The lowest BCUT2D eigenvalue weighted by Gasteiger charge is -2.46. The van der Waals surface area contributed by atoms with E-state index >= 15 is 0 Å². The minimum Gasteiger partial charge on any atom is -0.396 e. The van der Waals surface area contributed by atoms with Gasteiger partial charge >= 0.3 is 0 Å². The van der Waals surface area contributed by atoms with Gasteiger partial charge in [-0.15, -0.1) is 0 Å². The molecule has 0 radical (unpaired) electrons. The second kappa shape index (κ2) is 10.9. The van der Waals surface area contributed by atoms with Crippen molar-refractivity contribution in [2.24, 2.45) is 29.1 Å². The lowest BCUT2D eigenvalue weighted by molar-refractivity contribution is -0.126. The largest absolute Gasteiger partial charge is 0.396 e. The van der Waals surface area contributed by atoms with Crippen LogP contribution in [0.3, 0.4) is 0 Å². The molecule has 4 N–H and O–H groups in total. The average molecular weight is 509 g/mol. The fraction of sp³-hybridized carbons (Fsp3) is 0.933. The number of aliphatic hydroxyl groups is 4. The van der Waals surface area contributed by atoms with Crippen molar-refractivity contribution in [3.8, 4) is 0 Å². The quantitative estimate of drug-likeness (QED) is 0.199. The minimum absolute atomic E-state index is 0.0429. The smallest absolute Gasteiger partial charge is 0.110 e. The van der Waals surface area contributed by atoms with Crippen molar-refractivity contribution in [2.45, 2.75) is 134 Å². The van der Waals surface area contributed by atoms with Crippen molar-refractivity contribution in [2.75, 3.05) is 13.2 Å². The first kappa shape index (κ1) is 28.5. The molecular formula is C30H52O6. The van der Waals surface area contributed by atoms with Crippen LogP contribution in [0.5, 0.6) is 0 Å². The number of rotatable bonds is 10. The van der Waals surface area contributed by atoms with Gasteiger partial charge in [0.2, 0.25) is 0 Å². The first-order valence-electron chi connectivity index (χ1n) is 14.6. The molecule has 0 aromatic carbocycles. The summed E-state index contributed by atoms with van der Waals surface area (Å²) in [5, 5.41) is 40.7. The van der Waals surface area contributed by atoms with Gasteiger partial charge in [-0.1, -0.05) is 45.3 Å². The van der Waals surface area contributed by atoms with Crippen molar-refractivity contribution < 1.29 is 29.9 Å². The highest BCUT2D eigenvalue weighted by Gasteiger charge is 2.69. The Hall–Kier alpha value is -0.500. The molecule has 36 heavy (non-hydrogen) atoms. The zero-order valence-corrected chi connectivity index (χ0v) is 23.3. The van der Waals surface area contributed by atoms with Crippen LogP contribution in [0.4, 0.5) is 0 Å². The summed E-state index contributed by atoms with van der Waals surface area (Å²) >= 11 is 0. The molecule has 0 aromatic rings. The van der Waals surface area contributed by atoms with E-state index in [0.717, 1.165) is 24.8 Å². The first-order chi connectivity index (χ1) is 16.9. The Labute approximate surface area is 218 Å². The van der Waals surface area contributed by atoms with Crippen molar-refractivity contribution in [1.29, 1.82) is 0 Å². The molecule has 1 heterocycles. The SMILES string of the molecule is CC1/C(=C\C2OC23CCC[C@@]2(C)C3CC[C@@H]2[C@H](C)CCCC(C)(C)O)C[C@@H](O)[C@@H](OCCCO)[C@@H]1O. The second-order valence-electron chi connectivity index (χ2n) is 13.5. The number of ether oxygens (including phenoxy) is 2. The fourth-order valence-corrected chi connectivity index (χ4v) is 8.38. The number of aliphatic hydroxyl groups excluding tert-OH is 3. The summed E-state index contributed by atoms with van der Waals surface area (Å²) in [6.07, 6.45) is 10.4. The Morgan fingerprint density at radius 2 is 1.94 bits per heavy atom. The molecule has 3 aliphatic carbocycles. The normalized spacial score (nSPS) is 44.7. The Balaban J connectivity index is 1.41. The molecule has 10 atom stereocenters. The zero-order valence-electron chi connectivity index (χ0n) is 23.3. The van der Waals surface area contributed by atoms with Crippen LogP contribution in [0.2, 0.25) is 0 Å². The van der Waals surface area contributed by atoms with Crippen molar-refractivity contribution in [3.63, 3.8) is 0 Å². The number of hydrogen-bond donors (Lipinski definition) is 4. The maximum atomic E-state index is 10.9. The van der Waals surface area contributed by atoms with E-state index in [1.165, 1.54) is 32.1 Å². The van der Waals surface area contributed by atoms with Gasteiger partial charge in [0.1, 0.15) is 17.8 Å². The van der Waals surface area contributed by atoms with Gasteiger partial charge in [0.05, 0.1) is 17.8 Å². The third-order valence-electron chi connectivity index (χ3n) is 10.4. The second-order valence-corrected chi connectivity index (χ2v) is 13.5. The van der Waals surface area contributed by atoms with Gasteiger partial charge in [-0.05, 0) is 88.4 Å².